The Morgan fingerprint density at radius 3 is 1.61 bits per heavy atom. The molecule has 8 nitrogen and oxygen atoms in total. The number of nitrogens with one attached hydrogen (secondary N) is 2. The fraction of sp³-hybridized carbons (Fsp3) is 0.0435. The molecular weight excluding hydrogens is 392 g/mol. The highest BCUT2D eigenvalue weighted by molar-refractivity contribution is 5.79. The van der Waals surface area contributed by atoms with Crippen LogP contribution in [0.5, 0.6) is 0 Å². The van der Waals surface area contributed by atoms with Crippen LogP contribution < -0.4 is 22.5 Å². The highest BCUT2D eigenvalue weighted by Gasteiger charge is 2.12. The van der Waals surface area contributed by atoms with Gasteiger partial charge in [-0.2, -0.15) is 0 Å². The Morgan fingerprint density at radius 2 is 1.19 bits per heavy atom. The Balaban J connectivity index is 0.000000858. The van der Waals surface area contributed by atoms with Crippen molar-refractivity contribution in [2.45, 2.75) is 0 Å². The summed E-state index contributed by atoms with van der Waals surface area (Å²) in [7, 11) is 1.89. The van der Waals surface area contributed by atoms with Crippen molar-refractivity contribution in [3.05, 3.63) is 72.8 Å². The maximum Gasteiger partial charge on any atom is 0.191 e. The van der Waals surface area contributed by atoms with Gasteiger partial charge in [-0.1, -0.05) is 0 Å². The summed E-state index contributed by atoms with van der Waals surface area (Å²) in [5.41, 5.74) is 18.9. The number of guanidine groups is 1. The zero-order valence-corrected chi connectivity index (χ0v) is 17.0. The van der Waals surface area contributed by atoms with E-state index < -0.39 is 0 Å². The number of benzene rings is 2. The number of hydrogen-bond acceptors (Lipinski definition) is 5. The first-order valence-electron chi connectivity index (χ1n) is 9.43. The lowest BCUT2D eigenvalue weighted by Crippen LogP contribution is -2.21. The van der Waals surface area contributed by atoms with Crippen LogP contribution in [0, 0.1) is 5.41 Å². The van der Waals surface area contributed by atoms with E-state index in [1.165, 1.54) is 0 Å². The lowest BCUT2D eigenvalue weighted by atomic mass is 10.1. The molecule has 0 amide bonds. The van der Waals surface area contributed by atoms with E-state index in [0.717, 1.165) is 34.7 Å². The quantitative estimate of drug-likeness (QED) is 0.240. The molecule has 31 heavy (non-hydrogen) atoms. The Labute approximate surface area is 179 Å². The molecule has 0 radical (unpaired) electrons. The lowest BCUT2D eigenvalue weighted by Gasteiger charge is -2.01. The van der Waals surface area contributed by atoms with E-state index >= 15 is 0 Å². The monoisotopic (exact) mass is 416 g/mol. The van der Waals surface area contributed by atoms with Crippen LogP contribution in [0.15, 0.2) is 86.6 Å². The third-order valence-corrected chi connectivity index (χ3v) is 4.32. The number of aliphatic imine (C=N–C) groups is 1. The molecule has 0 unspecified atom stereocenters. The molecular formula is C23H24N6O2. The molecule has 0 spiro atoms. The Bertz CT molecular complexity index is 1150. The van der Waals surface area contributed by atoms with Crippen LogP contribution >= 0.6 is 0 Å². The van der Waals surface area contributed by atoms with Crippen molar-refractivity contribution in [1.82, 2.24) is 0 Å². The van der Waals surface area contributed by atoms with Crippen molar-refractivity contribution in [3.8, 4) is 34.2 Å². The second-order valence-corrected chi connectivity index (χ2v) is 6.41. The first-order chi connectivity index (χ1) is 15.0. The molecule has 0 aliphatic heterocycles. The van der Waals surface area contributed by atoms with Crippen molar-refractivity contribution in [2.75, 3.05) is 12.4 Å². The highest BCUT2D eigenvalue weighted by atomic mass is 16.4. The van der Waals surface area contributed by atoms with Crippen LogP contribution in [0.3, 0.4) is 0 Å². The highest BCUT2D eigenvalue weighted by Crippen LogP contribution is 2.33. The summed E-state index contributed by atoms with van der Waals surface area (Å²) in [6.45, 7) is 0. The van der Waals surface area contributed by atoms with Gasteiger partial charge in [-0.15, -0.1) is 0 Å². The summed E-state index contributed by atoms with van der Waals surface area (Å²) in [4.78, 5) is 4.01. The van der Waals surface area contributed by atoms with E-state index in [4.69, 9.17) is 25.7 Å². The number of nitrogens with zero attached hydrogens (tertiary/aromatic N) is 1. The zero-order chi connectivity index (χ0) is 22.2. The molecule has 0 aliphatic rings. The van der Waals surface area contributed by atoms with E-state index in [1.807, 2.05) is 79.8 Å². The Hall–Kier alpha value is -4.46. The number of nitrogens with two attached hydrogens (primary N) is 3. The molecule has 8 N–H and O–H groups in total. The summed E-state index contributed by atoms with van der Waals surface area (Å²) in [6, 6.07) is 23.2. The molecule has 0 aliphatic carbocycles. The van der Waals surface area contributed by atoms with E-state index in [1.54, 1.807) is 0 Å². The molecule has 2 aromatic heterocycles. The number of rotatable bonds is 5. The van der Waals surface area contributed by atoms with Gasteiger partial charge in [0.25, 0.3) is 0 Å². The summed E-state index contributed by atoms with van der Waals surface area (Å²) >= 11 is 0. The second-order valence-electron chi connectivity index (χ2n) is 6.41. The number of hydrogen-bond donors (Lipinski definition) is 5. The normalized spacial score (nSPS) is 9.97. The summed E-state index contributed by atoms with van der Waals surface area (Å²) in [5.74, 6) is 2.90. The summed E-state index contributed by atoms with van der Waals surface area (Å²) in [5, 5.41) is 8.96. The Kier molecular flexibility index (Phi) is 6.74. The van der Waals surface area contributed by atoms with Gasteiger partial charge in [0.05, 0.1) is 12.0 Å². The van der Waals surface area contributed by atoms with Crippen molar-refractivity contribution >= 4 is 23.7 Å². The van der Waals surface area contributed by atoms with Gasteiger partial charge in [-0.25, -0.2) is 4.99 Å². The molecule has 4 rings (SSSR count). The molecule has 8 heteroatoms. The molecule has 0 saturated carbocycles. The molecule has 0 saturated heterocycles. The zero-order valence-electron chi connectivity index (χ0n) is 17.0. The van der Waals surface area contributed by atoms with Gasteiger partial charge in [0.15, 0.2) is 17.5 Å². The summed E-state index contributed by atoms with van der Waals surface area (Å²) < 4.78 is 12.0. The van der Waals surface area contributed by atoms with Gasteiger partial charge >= 0.3 is 0 Å². The van der Waals surface area contributed by atoms with Gasteiger partial charge in [0.2, 0.25) is 0 Å². The topological polar surface area (TPSA) is 153 Å². The second kappa shape index (κ2) is 9.84. The molecule has 0 fully saturated rings. The van der Waals surface area contributed by atoms with Crippen molar-refractivity contribution < 1.29 is 8.83 Å². The maximum absolute atomic E-state index is 5.98. The molecule has 4 aromatic rings. The fourth-order valence-electron chi connectivity index (χ4n) is 2.90. The van der Waals surface area contributed by atoms with E-state index in [0.29, 0.717) is 17.2 Å². The van der Waals surface area contributed by atoms with Crippen LogP contribution in [0.4, 0.5) is 11.4 Å². The smallest absolute Gasteiger partial charge is 0.191 e. The van der Waals surface area contributed by atoms with E-state index in [-0.39, 0.29) is 5.96 Å². The maximum atomic E-state index is 5.98. The van der Waals surface area contributed by atoms with Crippen LogP contribution in [0.25, 0.3) is 34.2 Å². The largest absolute Gasteiger partial charge is 0.453 e. The first-order valence-corrected chi connectivity index (χ1v) is 9.43. The van der Waals surface area contributed by atoms with Crippen LogP contribution in [-0.2, 0) is 0 Å². The van der Waals surface area contributed by atoms with Gasteiger partial charge in [-0.05, 0) is 72.8 Å². The van der Waals surface area contributed by atoms with Crippen molar-refractivity contribution in [3.63, 3.8) is 0 Å². The minimum absolute atomic E-state index is 0.0299. The van der Waals surface area contributed by atoms with Gasteiger partial charge in [0, 0.05) is 23.9 Å². The predicted octanol–water partition coefficient (Wildman–Crippen LogP) is 4.37. The minimum atomic E-state index is 0.0299. The molecule has 2 heterocycles. The number of furan rings is 2. The molecule has 0 atom stereocenters. The molecule has 158 valence electrons. The Morgan fingerprint density at radius 1 is 0.774 bits per heavy atom. The third-order valence-electron chi connectivity index (χ3n) is 4.32. The third kappa shape index (κ3) is 5.33. The average molecular weight is 416 g/mol. The van der Waals surface area contributed by atoms with Crippen molar-refractivity contribution in [1.29, 1.82) is 5.41 Å². The molecule has 0 bridgehead atoms. The first kappa shape index (κ1) is 21.3. The molecule has 2 aromatic carbocycles. The average Bonchev–Trinajstić information content (AvgIpc) is 3.44. The van der Waals surface area contributed by atoms with E-state index in [9.17, 15) is 0 Å². The van der Waals surface area contributed by atoms with Gasteiger partial charge in [0.1, 0.15) is 11.5 Å². The summed E-state index contributed by atoms with van der Waals surface area (Å²) in [6.07, 6.45) is 0.750. The van der Waals surface area contributed by atoms with Crippen LogP contribution in [0.2, 0.25) is 0 Å². The van der Waals surface area contributed by atoms with Crippen LogP contribution in [-0.4, -0.2) is 19.3 Å². The van der Waals surface area contributed by atoms with Crippen molar-refractivity contribution in [2.24, 2.45) is 22.2 Å². The number of anilines is 1. The van der Waals surface area contributed by atoms with E-state index in [2.05, 4.69) is 16.0 Å². The standard InChI is InChI=1S/C22H20N4O2.CH4N2/c1-25-16-6-2-14(3-7-16)18-10-12-20(27-18)21-13-11-19(28-21)15-4-8-17(9-5-15)26-22(23)24;2-1-3/h2-13,25H,1H3,(H4,23,24,26);1H,(H3,2,3). The fourth-order valence-corrected chi connectivity index (χ4v) is 2.90. The van der Waals surface area contributed by atoms with Gasteiger partial charge in [-0.3, -0.25) is 5.41 Å². The van der Waals surface area contributed by atoms with Gasteiger partial charge < -0.3 is 31.4 Å². The predicted molar refractivity (Wildman–Crippen MR) is 125 cm³/mol. The van der Waals surface area contributed by atoms with Crippen LogP contribution in [0.1, 0.15) is 0 Å². The minimum Gasteiger partial charge on any atom is -0.453 e. The lowest BCUT2D eigenvalue weighted by molar-refractivity contribution is 0.539. The SMILES string of the molecule is CNc1ccc(-c2ccc(-c3ccc(-c4ccc(N=C(N)N)cc4)o3)o2)cc1.N=CN.